The molecule has 1 amide bonds. The summed E-state index contributed by atoms with van der Waals surface area (Å²) in [6, 6.07) is 5.84. The highest BCUT2D eigenvalue weighted by molar-refractivity contribution is 5.95. The third-order valence-electron chi connectivity index (χ3n) is 5.30. The fourth-order valence-corrected chi connectivity index (χ4v) is 4.06. The number of carbonyl (C=O) groups excluding carboxylic acids is 1. The van der Waals surface area contributed by atoms with Crippen LogP contribution in [0.1, 0.15) is 45.7 Å². The van der Waals surface area contributed by atoms with Crippen LogP contribution in [0.2, 0.25) is 0 Å². The monoisotopic (exact) mass is 379 g/mol. The first kappa shape index (κ1) is 17.6. The quantitative estimate of drug-likeness (QED) is 0.889. The summed E-state index contributed by atoms with van der Waals surface area (Å²) < 4.78 is 40.4. The highest BCUT2D eigenvalue weighted by atomic mass is 19.4. The topological polar surface area (TPSA) is 75.4 Å². The number of aromatic nitrogens is 2. The minimum atomic E-state index is -4.88. The number of carboxylic acids is 1. The zero-order valence-electron chi connectivity index (χ0n) is 14.1. The first-order chi connectivity index (χ1) is 12.8. The summed E-state index contributed by atoms with van der Waals surface area (Å²) in [5.74, 6) is -1.29. The van der Waals surface area contributed by atoms with E-state index in [1.165, 1.54) is 24.3 Å². The minimum Gasteiger partial charge on any atom is -0.478 e. The molecular weight excluding hydrogens is 363 g/mol. The average Bonchev–Trinajstić information content (AvgIpc) is 3.35. The van der Waals surface area contributed by atoms with Gasteiger partial charge in [-0.2, -0.15) is 18.3 Å². The lowest BCUT2D eigenvalue weighted by molar-refractivity contribution is -0.143. The standard InChI is InChI=1S/C18H16F3N3O3/c19-18(20,21)15-14(17(26)27)8-22-24(15)12-5-2-11(3-6-12)16(25)23-9-10-1-4-13(23)7-10/h2-3,5-6,8,10,13H,1,4,7,9H2,(H,26,27). The molecule has 1 aromatic heterocycles. The number of carboxylic acid groups (broad SMARTS) is 1. The largest absolute Gasteiger partial charge is 0.478 e. The number of aromatic carboxylic acids is 1. The van der Waals surface area contributed by atoms with Crippen molar-refractivity contribution < 1.29 is 27.9 Å². The second kappa shape index (κ2) is 6.11. The van der Waals surface area contributed by atoms with Gasteiger partial charge in [-0.25, -0.2) is 9.48 Å². The Labute approximate surface area is 152 Å². The lowest BCUT2D eigenvalue weighted by atomic mass is 10.1. The van der Waals surface area contributed by atoms with Gasteiger partial charge in [0.05, 0.1) is 11.9 Å². The van der Waals surface area contributed by atoms with Gasteiger partial charge in [0.1, 0.15) is 5.56 Å². The van der Waals surface area contributed by atoms with Gasteiger partial charge in [0.2, 0.25) is 0 Å². The normalized spacial score (nSPS) is 21.7. The molecule has 2 heterocycles. The summed E-state index contributed by atoms with van der Waals surface area (Å²) in [4.78, 5) is 25.5. The Bertz CT molecular complexity index is 905. The molecule has 1 aliphatic heterocycles. The number of benzene rings is 1. The van der Waals surface area contributed by atoms with Crippen molar-refractivity contribution in [1.29, 1.82) is 0 Å². The van der Waals surface area contributed by atoms with Crippen LogP contribution in [0.15, 0.2) is 30.5 Å². The van der Waals surface area contributed by atoms with Crippen molar-refractivity contribution in [2.24, 2.45) is 5.92 Å². The van der Waals surface area contributed by atoms with E-state index in [0.29, 0.717) is 22.4 Å². The number of fused-ring (bicyclic) bond motifs is 2. The van der Waals surface area contributed by atoms with E-state index in [4.69, 9.17) is 5.11 Å². The van der Waals surface area contributed by atoms with Gasteiger partial charge in [0.25, 0.3) is 5.91 Å². The molecule has 1 saturated heterocycles. The Morgan fingerprint density at radius 2 is 1.85 bits per heavy atom. The van der Waals surface area contributed by atoms with Crippen molar-refractivity contribution in [3.63, 3.8) is 0 Å². The number of carbonyl (C=O) groups is 2. The van der Waals surface area contributed by atoms with Gasteiger partial charge in [-0.1, -0.05) is 0 Å². The zero-order chi connectivity index (χ0) is 19.3. The molecule has 1 saturated carbocycles. The Morgan fingerprint density at radius 3 is 2.37 bits per heavy atom. The predicted molar refractivity (Wildman–Crippen MR) is 87.7 cm³/mol. The van der Waals surface area contributed by atoms with Crippen molar-refractivity contribution in [3.05, 3.63) is 47.3 Å². The van der Waals surface area contributed by atoms with E-state index >= 15 is 0 Å². The Morgan fingerprint density at radius 1 is 1.15 bits per heavy atom. The Kier molecular flexibility index (Phi) is 3.97. The lowest BCUT2D eigenvalue weighted by Crippen LogP contribution is -2.37. The van der Waals surface area contributed by atoms with E-state index in [0.717, 1.165) is 25.8 Å². The molecule has 4 rings (SSSR count). The van der Waals surface area contributed by atoms with Crippen molar-refractivity contribution in [2.45, 2.75) is 31.5 Å². The molecule has 2 bridgehead atoms. The zero-order valence-corrected chi connectivity index (χ0v) is 14.1. The van der Waals surface area contributed by atoms with Crippen molar-refractivity contribution in [2.75, 3.05) is 6.54 Å². The van der Waals surface area contributed by atoms with Crippen LogP contribution in [0.5, 0.6) is 0 Å². The third kappa shape index (κ3) is 2.96. The molecule has 1 aliphatic carbocycles. The molecule has 1 aromatic carbocycles. The number of hydrogen-bond acceptors (Lipinski definition) is 3. The van der Waals surface area contributed by atoms with Crippen molar-refractivity contribution in [1.82, 2.24) is 14.7 Å². The highest BCUT2D eigenvalue weighted by Crippen LogP contribution is 2.38. The maximum atomic E-state index is 13.3. The number of nitrogens with zero attached hydrogens (tertiary/aromatic N) is 3. The lowest BCUT2D eigenvalue weighted by Gasteiger charge is -2.27. The molecule has 0 spiro atoms. The first-order valence-corrected chi connectivity index (χ1v) is 8.55. The van der Waals surface area contributed by atoms with Gasteiger partial charge >= 0.3 is 12.1 Å². The molecule has 2 aliphatic rings. The van der Waals surface area contributed by atoms with Crippen LogP contribution < -0.4 is 0 Å². The fraction of sp³-hybridized carbons (Fsp3) is 0.389. The van der Waals surface area contributed by atoms with Crippen LogP contribution in [-0.2, 0) is 6.18 Å². The number of rotatable bonds is 3. The second-order valence-corrected chi connectivity index (χ2v) is 6.96. The molecule has 2 aromatic rings. The van der Waals surface area contributed by atoms with Crippen molar-refractivity contribution in [3.8, 4) is 5.69 Å². The number of piperidine rings is 1. The number of alkyl halides is 3. The first-order valence-electron chi connectivity index (χ1n) is 8.55. The SMILES string of the molecule is O=C(O)c1cnn(-c2ccc(C(=O)N3CC4CCC3C4)cc2)c1C(F)(F)F. The second-order valence-electron chi connectivity index (χ2n) is 6.96. The average molecular weight is 379 g/mol. The maximum absolute atomic E-state index is 13.3. The van der Waals surface area contributed by atoms with Crippen LogP contribution in [0.4, 0.5) is 13.2 Å². The summed E-state index contributed by atoms with van der Waals surface area (Å²) in [5.41, 5.74) is -1.85. The van der Waals surface area contributed by atoms with E-state index in [1.807, 2.05) is 4.90 Å². The van der Waals surface area contributed by atoms with Crippen LogP contribution >= 0.6 is 0 Å². The predicted octanol–water partition coefficient (Wildman–Crippen LogP) is 3.21. The summed E-state index contributed by atoms with van der Waals surface area (Å²) in [6.45, 7) is 0.727. The minimum absolute atomic E-state index is 0.0364. The Balaban J connectivity index is 1.63. The van der Waals surface area contributed by atoms with E-state index in [9.17, 15) is 22.8 Å². The maximum Gasteiger partial charge on any atom is 0.434 e. The summed E-state index contributed by atoms with van der Waals surface area (Å²) in [5, 5.41) is 12.6. The third-order valence-corrected chi connectivity index (χ3v) is 5.30. The summed E-state index contributed by atoms with van der Waals surface area (Å²) >= 11 is 0. The molecule has 2 atom stereocenters. The molecule has 27 heavy (non-hydrogen) atoms. The van der Waals surface area contributed by atoms with Gasteiger partial charge in [-0.3, -0.25) is 4.79 Å². The summed E-state index contributed by atoms with van der Waals surface area (Å²) in [7, 11) is 0. The number of likely N-dealkylation sites (tertiary alicyclic amines) is 1. The van der Waals surface area contributed by atoms with E-state index in [-0.39, 0.29) is 17.6 Å². The molecule has 2 unspecified atom stereocenters. The van der Waals surface area contributed by atoms with Crippen molar-refractivity contribution >= 4 is 11.9 Å². The van der Waals surface area contributed by atoms with Crippen LogP contribution in [0, 0.1) is 5.92 Å². The molecule has 6 nitrogen and oxygen atoms in total. The number of amides is 1. The fourth-order valence-electron chi connectivity index (χ4n) is 4.06. The Hall–Kier alpha value is -2.84. The summed E-state index contributed by atoms with van der Waals surface area (Å²) in [6.07, 6.45) is -1.06. The van der Waals surface area contributed by atoms with E-state index in [1.54, 1.807) is 0 Å². The van der Waals surface area contributed by atoms with Gasteiger partial charge < -0.3 is 10.0 Å². The van der Waals surface area contributed by atoms with E-state index < -0.39 is 23.4 Å². The number of hydrogen-bond donors (Lipinski definition) is 1. The van der Waals surface area contributed by atoms with Gasteiger partial charge in [-0.15, -0.1) is 0 Å². The van der Waals surface area contributed by atoms with Gasteiger partial charge in [-0.05, 0) is 49.4 Å². The molecule has 2 fully saturated rings. The van der Waals surface area contributed by atoms with Gasteiger partial charge in [0.15, 0.2) is 5.69 Å². The van der Waals surface area contributed by atoms with Crippen LogP contribution in [0.25, 0.3) is 5.69 Å². The molecule has 1 N–H and O–H groups in total. The molecule has 0 radical (unpaired) electrons. The number of halogens is 3. The molecule has 9 heteroatoms. The van der Waals surface area contributed by atoms with E-state index in [2.05, 4.69) is 5.10 Å². The molecule has 142 valence electrons. The van der Waals surface area contributed by atoms with Crippen LogP contribution in [-0.4, -0.2) is 44.3 Å². The van der Waals surface area contributed by atoms with Crippen LogP contribution in [0.3, 0.4) is 0 Å². The highest BCUT2D eigenvalue weighted by Gasteiger charge is 2.41. The smallest absolute Gasteiger partial charge is 0.434 e. The van der Waals surface area contributed by atoms with Gasteiger partial charge in [0, 0.05) is 18.2 Å². The molecular formula is C18H16F3N3O3.